The first-order valence-corrected chi connectivity index (χ1v) is 7.35. The maximum Gasteiger partial charge on any atom is 0.00952 e. The lowest BCUT2D eigenvalue weighted by atomic mass is 9.92. The highest BCUT2D eigenvalue weighted by molar-refractivity contribution is 4.79. The Morgan fingerprint density at radius 2 is 1.88 bits per heavy atom. The molecule has 0 amide bonds. The van der Waals surface area contributed by atoms with Gasteiger partial charge in [0.1, 0.15) is 0 Å². The lowest BCUT2D eigenvalue weighted by molar-refractivity contribution is 0.131. The van der Waals surface area contributed by atoms with Gasteiger partial charge in [-0.15, -0.1) is 0 Å². The average molecular weight is 224 g/mol. The van der Waals surface area contributed by atoms with E-state index in [9.17, 15) is 0 Å². The minimum atomic E-state index is 0.903. The molecule has 2 nitrogen and oxygen atoms in total. The number of nitrogens with zero attached hydrogens (tertiary/aromatic N) is 1. The van der Waals surface area contributed by atoms with Crippen molar-refractivity contribution < 1.29 is 0 Å². The van der Waals surface area contributed by atoms with Crippen LogP contribution >= 0.6 is 0 Å². The van der Waals surface area contributed by atoms with Crippen LogP contribution in [0.15, 0.2) is 0 Å². The van der Waals surface area contributed by atoms with E-state index >= 15 is 0 Å². The van der Waals surface area contributed by atoms with Crippen LogP contribution in [0.4, 0.5) is 0 Å². The molecule has 2 rings (SSSR count). The van der Waals surface area contributed by atoms with Crippen molar-refractivity contribution in [2.24, 2.45) is 5.92 Å². The van der Waals surface area contributed by atoms with E-state index in [4.69, 9.17) is 0 Å². The minimum absolute atomic E-state index is 0.903. The molecule has 1 aliphatic heterocycles. The molecule has 0 radical (unpaired) electrons. The Bertz CT molecular complexity index is 181. The maximum atomic E-state index is 3.54. The highest BCUT2D eigenvalue weighted by Gasteiger charge is 2.23. The van der Waals surface area contributed by atoms with E-state index in [1.807, 2.05) is 0 Å². The van der Waals surface area contributed by atoms with Gasteiger partial charge >= 0.3 is 0 Å². The molecule has 0 spiro atoms. The van der Waals surface area contributed by atoms with Crippen LogP contribution in [0.25, 0.3) is 0 Å². The Kier molecular flexibility index (Phi) is 5.11. The molecule has 1 atom stereocenters. The van der Waals surface area contributed by atoms with Crippen LogP contribution < -0.4 is 5.32 Å². The maximum absolute atomic E-state index is 3.54. The molecule has 0 aromatic heterocycles. The Morgan fingerprint density at radius 3 is 2.50 bits per heavy atom. The van der Waals surface area contributed by atoms with Gasteiger partial charge in [-0.05, 0) is 51.2 Å². The predicted molar refractivity (Wildman–Crippen MR) is 69.7 cm³/mol. The third-order valence-corrected chi connectivity index (χ3v) is 4.39. The molecule has 1 heterocycles. The van der Waals surface area contributed by atoms with Gasteiger partial charge < -0.3 is 10.2 Å². The SMILES string of the molecule is CCN(C[C@@H]1CCCNC1)C1CCCCC1. The Hall–Kier alpha value is -0.0800. The molecule has 94 valence electrons. The third-order valence-electron chi connectivity index (χ3n) is 4.39. The summed E-state index contributed by atoms with van der Waals surface area (Å²) in [5.41, 5.74) is 0. The van der Waals surface area contributed by atoms with Crippen molar-refractivity contribution >= 4 is 0 Å². The zero-order chi connectivity index (χ0) is 11.2. The van der Waals surface area contributed by atoms with E-state index in [0.717, 1.165) is 12.0 Å². The van der Waals surface area contributed by atoms with Crippen molar-refractivity contribution in [2.45, 2.75) is 57.9 Å². The number of nitrogens with one attached hydrogen (secondary N) is 1. The van der Waals surface area contributed by atoms with Crippen LogP contribution in [0, 0.1) is 5.92 Å². The van der Waals surface area contributed by atoms with Gasteiger partial charge in [0.15, 0.2) is 0 Å². The summed E-state index contributed by atoms with van der Waals surface area (Å²) in [6.07, 6.45) is 10.1. The van der Waals surface area contributed by atoms with E-state index in [1.54, 1.807) is 0 Å². The van der Waals surface area contributed by atoms with Crippen LogP contribution in [-0.4, -0.2) is 37.1 Å². The molecule has 0 aromatic rings. The zero-order valence-electron chi connectivity index (χ0n) is 10.9. The fourth-order valence-electron chi connectivity index (χ4n) is 3.39. The van der Waals surface area contributed by atoms with Gasteiger partial charge in [-0.1, -0.05) is 26.2 Å². The number of hydrogen-bond donors (Lipinski definition) is 1. The topological polar surface area (TPSA) is 15.3 Å². The summed E-state index contributed by atoms with van der Waals surface area (Å²) in [6, 6.07) is 0.903. The highest BCUT2D eigenvalue weighted by Crippen LogP contribution is 2.24. The fourth-order valence-corrected chi connectivity index (χ4v) is 3.39. The van der Waals surface area contributed by atoms with Crippen molar-refractivity contribution in [1.82, 2.24) is 10.2 Å². The summed E-state index contributed by atoms with van der Waals surface area (Å²) in [5.74, 6) is 0.913. The number of rotatable bonds is 4. The summed E-state index contributed by atoms with van der Waals surface area (Å²) in [4.78, 5) is 2.76. The Morgan fingerprint density at radius 1 is 1.06 bits per heavy atom. The zero-order valence-corrected chi connectivity index (χ0v) is 10.9. The van der Waals surface area contributed by atoms with Crippen molar-refractivity contribution in [3.63, 3.8) is 0 Å². The molecular formula is C14H28N2. The second-order valence-electron chi connectivity index (χ2n) is 5.59. The molecule has 1 saturated carbocycles. The summed E-state index contributed by atoms with van der Waals surface area (Å²) >= 11 is 0. The lowest BCUT2D eigenvalue weighted by Gasteiger charge is -2.37. The van der Waals surface area contributed by atoms with Gasteiger partial charge in [0.05, 0.1) is 0 Å². The number of piperidine rings is 1. The molecule has 1 N–H and O–H groups in total. The van der Waals surface area contributed by atoms with Gasteiger partial charge in [-0.2, -0.15) is 0 Å². The molecule has 0 bridgehead atoms. The monoisotopic (exact) mass is 224 g/mol. The van der Waals surface area contributed by atoms with Gasteiger partial charge in [-0.25, -0.2) is 0 Å². The normalized spacial score (nSPS) is 28.5. The Balaban J connectivity index is 1.78. The van der Waals surface area contributed by atoms with Crippen molar-refractivity contribution in [3.8, 4) is 0 Å². The molecule has 2 aliphatic rings. The van der Waals surface area contributed by atoms with E-state index in [2.05, 4.69) is 17.1 Å². The van der Waals surface area contributed by atoms with Crippen molar-refractivity contribution in [1.29, 1.82) is 0 Å². The molecule has 2 heteroatoms. The largest absolute Gasteiger partial charge is 0.316 e. The van der Waals surface area contributed by atoms with Crippen molar-refractivity contribution in [3.05, 3.63) is 0 Å². The summed E-state index contributed by atoms with van der Waals surface area (Å²) in [6.45, 7) is 7.43. The van der Waals surface area contributed by atoms with Gasteiger partial charge in [0.2, 0.25) is 0 Å². The third kappa shape index (κ3) is 3.46. The summed E-state index contributed by atoms with van der Waals surface area (Å²) < 4.78 is 0. The molecule has 0 unspecified atom stereocenters. The molecule has 1 saturated heterocycles. The first-order chi connectivity index (χ1) is 7.90. The first-order valence-electron chi connectivity index (χ1n) is 7.35. The van der Waals surface area contributed by atoms with Crippen LogP contribution in [-0.2, 0) is 0 Å². The molecular weight excluding hydrogens is 196 g/mol. The molecule has 0 aromatic carbocycles. The van der Waals surface area contributed by atoms with Crippen LogP contribution in [0.5, 0.6) is 0 Å². The van der Waals surface area contributed by atoms with E-state index in [0.29, 0.717) is 0 Å². The average Bonchev–Trinajstić information content (AvgIpc) is 2.38. The van der Waals surface area contributed by atoms with Crippen LogP contribution in [0.1, 0.15) is 51.9 Å². The first kappa shape index (κ1) is 12.4. The summed E-state index contributed by atoms with van der Waals surface area (Å²) in [7, 11) is 0. The minimum Gasteiger partial charge on any atom is -0.316 e. The predicted octanol–water partition coefficient (Wildman–Crippen LogP) is 2.64. The smallest absolute Gasteiger partial charge is 0.00952 e. The van der Waals surface area contributed by atoms with Gasteiger partial charge in [0.25, 0.3) is 0 Å². The summed E-state index contributed by atoms with van der Waals surface area (Å²) in [5, 5.41) is 3.54. The quantitative estimate of drug-likeness (QED) is 0.790. The number of hydrogen-bond acceptors (Lipinski definition) is 2. The van der Waals surface area contributed by atoms with Gasteiger partial charge in [-0.3, -0.25) is 0 Å². The molecule has 2 fully saturated rings. The van der Waals surface area contributed by atoms with Gasteiger partial charge in [0, 0.05) is 12.6 Å². The second kappa shape index (κ2) is 6.61. The van der Waals surface area contributed by atoms with E-state index < -0.39 is 0 Å². The van der Waals surface area contributed by atoms with E-state index in [-0.39, 0.29) is 0 Å². The van der Waals surface area contributed by atoms with Crippen LogP contribution in [0.2, 0.25) is 0 Å². The fraction of sp³-hybridized carbons (Fsp3) is 1.00. The second-order valence-corrected chi connectivity index (χ2v) is 5.59. The Labute approximate surface area is 101 Å². The van der Waals surface area contributed by atoms with E-state index in [1.165, 1.54) is 71.1 Å². The molecule has 16 heavy (non-hydrogen) atoms. The lowest BCUT2D eigenvalue weighted by Crippen LogP contribution is -2.43. The van der Waals surface area contributed by atoms with Crippen LogP contribution in [0.3, 0.4) is 0 Å². The molecule has 1 aliphatic carbocycles. The highest BCUT2D eigenvalue weighted by atomic mass is 15.2. The standard InChI is InChI=1S/C14H28N2/c1-2-16(14-8-4-3-5-9-14)12-13-7-6-10-15-11-13/h13-15H,2-12H2,1H3/t13-/m1/s1. The van der Waals surface area contributed by atoms with Crippen molar-refractivity contribution in [2.75, 3.05) is 26.2 Å².